The van der Waals surface area contributed by atoms with Crippen LogP contribution in [0.15, 0.2) is 0 Å². The molecule has 2 N–H and O–H groups in total. The van der Waals surface area contributed by atoms with Crippen LogP contribution in [0.1, 0.15) is 12.8 Å². The van der Waals surface area contributed by atoms with E-state index in [-0.39, 0.29) is 11.8 Å². The minimum absolute atomic E-state index is 0.155. The van der Waals surface area contributed by atoms with Gasteiger partial charge in [-0.25, -0.2) is 0 Å². The summed E-state index contributed by atoms with van der Waals surface area (Å²) in [5.74, 6) is 1.92. The molecule has 4 nitrogen and oxygen atoms in total. The van der Waals surface area contributed by atoms with Gasteiger partial charge in [0, 0.05) is 0 Å². The third kappa shape index (κ3) is 0.733. The maximum Gasteiger partial charge on any atom is 0.307 e. The lowest BCUT2D eigenvalue weighted by Gasteiger charge is -2.44. The summed E-state index contributed by atoms with van der Waals surface area (Å²) in [4.78, 5) is 23.0. The second-order valence-corrected chi connectivity index (χ2v) is 7.16. The van der Waals surface area contributed by atoms with Crippen molar-refractivity contribution in [1.29, 1.82) is 0 Å². The molecule has 5 saturated carbocycles. The van der Waals surface area contributed by atoms with Crippen LogP contribution in [0.4, 0.5) is 0 Å². The molecule has 2 unspecified atom stereocenters. The summed E-state index contributed by atoms with van der Waals surface area (Å²) in [6.45, 7) is 0. The topological polar surface area (TPSA) is 74.6 Å². The number of carbonyl (C=O) groups is 2. The lowest BCUT2D eigenvalue weighted by Crippen LogP contribution is -2.41. The molecule has 5 aliphatic rings. The van der Waals surface area contributed by atoms with Crippen LogP contribution in [-0.4, -0.2) is 22.2 Å². The zero-order chi connectivity index (χ0) is 12.3. The fraction of sp³-hybridized carbons (Fsp3) is 0.857. The van der Waals surface area contributed by atoms with E-state index in [1.807, 2.05) is 0 Å². The van der Waals surface area contributed by atoms with E-state index in [0.29, 0.717) is 47.3 Å². The summed E-state index contributed by atoms with van der Waals surface area (Å²) in [5, 5.41) is 19.0. The van der Waals surface area contributed by atoms with Gasteiger partial charge in [-0.3, -0.25) is 9.59 Å². The fourth-order valence-corrected chi connectivity index (χ4v) is 7.33. The highest BCUT2D eigenvalue weighted by molar-refractivity contribution is 5.75. The lowest BCUT2D eigenvalue weighted by atomic mass is 9.60. The van der Waals surface area contributed by atoms with Gasteiger partial charge < -0.3 is 10.2 Å². The molecular weight excluding hydrogens is 232 g/mol. The maximum atomic E-state index is 11.5. The van der Waals surface area contributed by atoms with E-state index in [9.17, 15) is 19.8 Å². The first kappa shape index (κ1) is 9.82. The number of carboxylic acid groups (broad SMARTS) is 2. The third-order valence-corrected chi connectivity index (χ3v) is 7.26. The molecule has 0 radical (unpaired) electrons. The lowest BCUT2D eigenvalue weighted by molar-refractivity contribution is -0.146. The highest BCUT2D eigenvalue weighted by atomic mass is 16.4. The van der Waals surface area contributed by atoms with Crippen molar-refractivity contribution in [2.24, 2.45) is 59.2 Å². The molecule has 0 aromatic heterocycles. The second-order valence-electron chi connectivity index (χ2n) is 7.16. The Morgan fingerprint density at radius 2 is 0.944 bits per heavy atom. The van der Waals surface area contributed by atoms with Crippen molar-refractivity contribution >= 4 is 11.9 Å². The van der Waals surface area contributed by atoms with Crippen LogP contribution in [0.3, 0.4) is 0 Å². The first-order valence-electron chi connectivity index (χ1n) is 7.07. The highest BCUT2D eigenvalue weighted by Crippen LogP contribution is 2.82. The van der Waals surface area contributed by atoms with Crippen LogP contribution in [0.5, 0.6) is 0 Å². The summed E-state index contributed by atoms with van der Waals surface area (Å²) in [6.07, 6.45) is 1.76. The van der Waals surface area contributed by atoms with Crippen molar-refractivity contribution in [3.63, 3.8) is 0 Å². The third-order valence-electron chi connectivity index (χ3n) is 7.26. The minimum atomic E-state index is -0.619. The SMILES string of the molecule is O=C(O)C1[C@@H]2C[C@H]3C4C2C2C4[C@@H](C[C@@H]21)C3C(=O)O. The van der Waals surface area contributed by atoms with E-state index >= 15 is 0 Å². The van der Waals surface area contributed by atoms with Gasteiger partial charge in [-0.2, -0.15) is 0 Å². The average Bonchev–Trinajstić information content (AvgIpc) is 2.71. The van der Waals surface area contributed by atoms with Crippen molar-refractivity contribution in [1.82, 2.24) is 0 Å². The second kappa shape index (κ2) is 2.61. The Morgan fingerprint density at radius 1 is 0.667 bits per heavy atom. The average molecular weight is 248 g/mol. The predicted octanol–water partition coefficient (Wildman–Crippen LogP) is 1.17. The monoisotopic (exact) mass is 248 g/mol. The quantitative estimate of drug-likeness (QED) is 0.769. The Balaban J connectivity index is 1.65. The number of rotatable bonds is 2. The van der Waals surface area contributed by atoms with E-state index in [2.05, 4.69) is 0 Å². The molecule has 4 heteroatoms. The predicted molar refractivity (Wildman–Crippen MR) is 59.4 cm³/mol. The number of carboxylic acids is 2. The molecule has 6 atom stereocenters. The van der Waals surface area contributed by atoms with E-state index in [4.69, 9.17) is 0 Å². The maximum absolute atomic E-state index is 11.5. The molecule has 0 aromatic rings. The van der Waals surface area contributed by atoms with Crippen molar-refractivity contribution in [3.8, 4) is 0 Å². The first-order valence-corrected chi connectivity index (χ1v) is 7.07. The zero-order valence-corrected chi connectivity index (χ0v) is 9.90. The zero-order valence-electron chi connectivity index (χ0n) is 9.90. The summed E-state index contributed by atoms with van der Waals surface area (Å²) in [7, 11) is 0. The standard InChI is InChI=1S/C14H16O4/c15-13(16)7-3-1-4-8(14(17)18)6-2-5(7)11-9(3)10(4)12(6)11/h3-12H,1-2H2,(H,15,16)(H,17,18)/t3-,4+,5+,6-,7?,8?,9?,10?,11?,12?. The van der Waals surface area contributed by atoms with E-state index in [0.717, 1.165) is 12.8 Å². The molecule has 0 aliphatic heterocycles. The molecule has 0 bridgehead atoms. The van der Waals surface area contributed by atoms with Crippen molar-refractivity contribution < 1.29 is 19.8 Å². The Labute approximate surface area is 104 Å². The van der Waals surface area contributed by atoms with Crippen LogP contribution < -0.4 is 0 Å². The summed E-state index contributed by atoms with van der Waals surface area (Å²) >= 11 is 0. The molecule has 0 saturated heterocycles. The van der Waals surface area contributed by atoms with E-state index in [1.165, 1.54) is 0 Å². The van der Waals surface area contributed by atoms with Crippen LogP contribution in [0, 0.1) is 59.2 Å². The normalized spacial score (nSPS) is 65.1. The van der Waals surface area contributed by atoms with Crippen LogP contribution in [0.25, 0.3) is 0 Å². The van der Waals surface area contributed by atoms with Crippen LogP contribution in [0.2, 0.25) is 0 Å². The Kier molecular flexibility index (Phi) is 1.42. The summed E-state index contributed by atoms with van der Waals surface area (Å²) < 4.78 is 0. The molecule has 0 aromatic carbocycles. The Bertz CT molecular complexity index is 406. The molecule has 5 aliphatic carbocycles. The van der Waals surface area contributed by atoms with Gasteiger partial charge in [0.2, 0.25) is 0 Å². The molecule has 0 heterocycles. The number of hydrogen-bond donors (Lipinski definition) is 2. The molecule has 96 valence electrons. The van der Waals surface area contributed by atoms with Crippen LogP contribution in [-0.2, 0) is 9.59 Å². The molecular formula is C14H16O4. The largest absolute Gasteiger partial charge is 0.481 e. The number of hydrogen-bond acceptors (Lipinski definition) is 2. The Morgan fingerprint density at radius 3 is 1.17 bits per heavy atom. The van der Waals surface area contributed by atoms with Gasteiger partial charge in [-0.15, -0.1) is 0 Å². The van der Waals surface area contributed by atoms with Gasteiger partial charge >= 0.3 is 11.9 Å². The molecule has 18 heavy (non-hydrogen) atoms. The van der Waals surface area contributed by atoms with Crippen molar-refractivity contribution in [2.75, 3.05) is 0 Å². The smallest absolute Gasteiger partial charge is 0.307 e. The molecule has 5 rings (SSSR count). The van der Waals surface area contributed by atoms with Gasteiger partial charge in [0.05, 0.1) is 11.8 Å². The van der Waals surface area contributed by atoms with Gasteiger partial charge in [0.15, 0.2) is 0 Å². The molecule has 0 amide bonds. The van der Waals surface area contributed by atoms with E-state index in [1.54, 1.807) is 0 Å². The van der Waals surface area contributed by atoms with Gasteiger partial charge in [-0.1, -0.05) is 0 Å². The van der Waals surface area contributed by atoms with Gasteiger partial charge in [0.25, 0.3) is 0 Å². The fourth-order valence-electron chi connectivity index (χ4n) is 7.33. The highest BCUT2D eigenvalue weighted by Gasteiger charge is 2.80. The summed E-state index contributed by atoms with van der Waals surface area (Å²) in [6, 6.07) is 0. The number of aliphatic carboxylic acids is 2. The summed E-state index contributed by atoms with van der Waals surface area (Å²) in [5.41, 5.74) is 0. The van der Waals surface area contributed by atoms with E-state index < -0.39 is 11.9 Å². The van der Waals surface area contributed by atoms with Crippen LogP contribution >= 0.6 is 0 Å². The van der Waals surface area contributed by atoms with Crippen molar-refractivity contribution in [3.05, 3.63) is 0 Å². The minimum Gasteiger partial charge on any atom is -0.481 e. The first-order chi connectivity index (χ1) is 8.61. The van der Waals surface area contributed by atoms with Gasteiger partial charge in [0.1, 0.15) is 0 Å². The van der Waals surface area contributed by atoms with Gasteiger partial charge in [-0.05, 0) is 60.2 Å². The molecule has 0 spiro atoms. The Hall–Kier alpha value is -1.06. The molecule has 5 fully saturated rings. The van der Waals surface area contributed by atoms with Crippen molar-refractivity contribution in [2.45, 2.75) is 12.8 Å².